The molecule has 3 atom stereocenters. The van der Waals surface area contributed by atoms with E-state index in [0.29, 0.717) is 6.04 Å². The Hall–Kier alpha value is -0.380. The maximum Gasteiger partial charge on any atom is 0.0287 e. The molecule has 1 aromatic rings. The summed E-state index contributed by atoms with van der Waals surface area (Å²) >= 11 is 1.95. The van der Waals surface area contributed by atoms with Crippen molar-refractivity contribution in [1.29, 1.82) is 0 Å². The first-order valence-corrected chi connectivity index (χ1v) is 7.65. The van der Waals surface area contributed by atoms with Crippen LogP contribution in [0.1, 0.15) is 35.9 Å². The fraction of sp³-hybridized carbons (Fsp3) is 0.714. The van der Waals surface area contributed by atoms with Gasteiger partial charge in [0.15, 0.2) is 0 Å². The molecule has 3 heteroatoms. The Labute approximate surface area is 108 Å². The van der Waals surface area contributed by atoms with Crippen LogP contribution >= 0.6 is 11.3 Å². The van der Waals surface area contributed by atoms with Gasteiger partial charge in [0.05, 0.1) is 0 Å². The third-order valence-corrected chi connectivity index (χ3v) is 5.80. The number of hydrogen-bond acceptors (Lipinski definition) is 3. The Balaban J connectivity index is 1.61. The molecule has 94 valence electrons. The Morgan fingerprint density at radius 2 is 2.00 bits per heavy atom. The van der Waals surface area contributed by atoms with Gasteiger partial charge in [-0.3, -0.25) is 11.3 Å². The molecule has 1 aromatic heterocycles. The summed E-state index contributed by atoms with van der Waals surface area (Å²) in [5.74, 6) is 8.66. The molecular weight excluding hydrogens is 228 g/mol. The number of nitrogens with one attached hydrogen (secondary N) is 1. The van der Waals surface area contributed by atoms with E-state index in [4.69, 9.17) is 5.84 Å². The fourth-order valence-electron chi connectivity index (χ4n) is 3.39. The average Bonchev–Trinajstić information content (AvgIpc) is 2.81. The van der Waals surface area contributed by atoms with Gasteiger partial charge in [-0.15, -0.1) is 11.3 Å². The van der Waals surface area contributed by atoms with Crippen molar-refractivity contribution in [2.24, 2.45) is 23.6 Å². The molecule has 0 aromatic carbocycles. The van der Waals surface area contributed by atoms with E-state index in [2.05, 4.69) is 24.5 Å². The van der Waals surface area contributed by atoms with E-state index in [1.807, 2.05) is 11.3 Å². The summed E-state index contributed by atoms with van der Waals surface area (Å²) in [6, 6.07) is 5.04. The van der Waals surface area contributed by atoms with E-state index < -0.39 is 0 Å². The van der Waals surface area contributed by atoms with Gasteiger partial charge in [-0.1, -0.05) is 6.92 Å². The smallest absolute Gasteiger partial charge is 0.0287 e. The van der Waals surface area contributed by atoms with E-state index in [1.54, 1.807) is 0 Å². The third-order valence-electron chi connectivity index (χ3n) is 4.55. The number of hydrazine groups is 1. The SMILES string of the molecule is CCc1ccc(CC(NN)C2CC3CC3C2)s1. The first kappa shape index (κ1) is 11.7. The van der Waals surface area contributed by atoms with Crippen molar-refractivity contribution >= 4 is 11.3 Å². The van der Waals surface area contributed by atoms with Crippen molar-refractivity contribution in [3.8, 4) is 0 Å². The van der Waals surface area contributed by atoms with Crippen LogP contribution in [0.25, 0.3) is 0 Å². The van der Waals surface area contributed by atoms with E-state index in [-0.39, 0.29) is 0 Å². The van der Waals surface area contributed by atoms with Gasteiger partial charge < -0.3 is 0 Å². The first-order chi connectivity index (χ1) is 8.30. The normalized spacial score (nSPS) is 32.5. The molecule has 0 spiro atoms. The van der Waals surface area contributed by atoms with Crippen molar-refractivity contribution in [2.75, 3.05) is 0 Å². The molecule has 0 amide bonds. The lowest BCUT2D eigenvalue weighted by Crippen LogP contribution is -2.41. The molecular formula is C14H22N2S. The number of rotatable bonds is 5. The highest BCUT2D eigenvalue weighted by atomic mass is 32.1. The minimum absolute atomic E-state index is 0.492. The van der Waals surface area contributed by atoms with Gasteiger partial charge >= 0.3 is 0 Å². The van der Waals surface area contributed by atoms with Gasteiger partial charge in [0, 0.05) is 15.8 Å². The number of thiophene rings is 1. The Kier molecular flexibility index (Phi) is 3.24. The van der Waals surface area contributed by atoms with E-state index in [0.717, 1.165) is 30.6 Å². The van der Waals surface area contributed by atoms with E-state index in [9.17, 15) is 0 Å². The highest BCUT2D eigenvalue weighted by Gasteiger charge is 2.47. The molecule has 1 heterocycles. The van der Waals surface area contributed by atoms with Gasteiger partial charge in [-0.25, -0.2) is 0 Å². The van der Waals surface area contributed by atoms with Gasteiger partial charge in [-0.2, -0.15) is 0 Å². The molecule has 2 fully saturated rings. The second kappa shape index (κ2) is 4.71. The molecule has 0 saturated heterocycles. The van der Waals surface area contributed by atoms with E-state index in [1.165, 1.54) is 29.0 Å². The van der Waals surface area contributed by atoms with Crippen LogP contribution in [0.15, 0.2) is 12.1 Å². The zero-order chi connectivity index (χ0) is 11.8. The van der Waals surface area contributed by atoms with Crippen LogP contribution in [-0.2, 0) is 12.8 Å². The number of hydrogen-bond donors (Lipinski definition) is 2. The van der Waals surface area contributed by atoms with Crippen molar-refractivity contribution < 1.29 is 0 Å². The van der Waals surface area contributed by atoms with Crippen LogP contribution in [0.4, 0.5) is 0 Å². The lowest BCUT2D eigenvalue weighted by Gasteiger charge is -2.23. The Bertz CT molecular complexity index is 377. The van der Waals surface area contributed by atoms with Crippen molar-refractivity contribution in [3.63, 3.8) is 0 Å². The highest BCUT2D eigenvalue weighted by molar-refractivity contribution is 7.11. The molecule has 17 heavy (non-hydrogen) atoms. The van der Waals surface area contributed by atoms with Crippen LogP contribution < -0.4 is 11.3 Å². The summed E-state index contributed by atoms with van der Waals surface area (Å²) in [4.78, 5) is 2.98. The highest BCUT2D eigenvalue weighted by Crippen LogP contribution is 2.55. The molecule has 2 aliphatic rings. The summed E-state index contributed by atoms with van der Waals surface area (Å²) in [7, 11) is 0. The van der Waals surface area contributed by atoms with Crippen LogP contribution in [0.5, 0.6) is 0 Å². The Morgan fingerprint density at radius 3 is 2.59 bits per heavy atom. The maximum atomic E-state index is 5.75. The maximum absolute atomic E-state index is 5.75. The van der Waals surface area contributed by atoms with Gasteiger partial charge in [-0.05, 0) is 62.0 Å². The van der Waals surface area contributed by atoms with Crippen LogP contribution in [0.2, 0.25) is 0 Å². The summed E-state index contributed by atoms with van der Waals surface area (Å²) in [5.41, 5.74) is 3.07. The zero-order valence-electron chi connectivity index (χ0n) is 10.5. The van der Waals surface area contributed by atoms with Gasteiger partial charge in [0.2, 0.25) is 0 Å². The molecule has 3 unspecified atom stereocenters. The zero-order valence-corrected chi connectivity index (χ0v) is 11.3. The first-order valence-electron chi connectivity index (χ1n) is 6.83. The third kappa shape index (κ3) is 2.42. The molecule has 3 N–H and O–H groups in total. The largest absolute Gasteiger partial charge is 0.271 e. The molecule has 2 aliphatic carbocycles. The van der Waals surface area contributed by atoms with Crippen LogP contribution in [0, 0.1) is 17.8 Å². The number of nitrogens with two attached hydrogens (primary N) is 1. The molecule has 3 rings (SSSR count). The second-order valence-corrected chi connectivity index (χ2v) is 6.94. The summed E-state index contributed by atoms with van der Waals surface area (Å²) in [5, 5.41) is 0. The van der Waals surface area contributed by atoms with Crippen molar-refractivity contribution in [1.82, 2.24) is 5.43 Å². The van der Waals surface area contributed by atoms with Crippen LogP contribution in [0.3, 0.4) is 0 Å². The average molecular weight is 250 g/mol. The molecule has 2 nitrogen and oxygen atoms in total. The number of fused-ring (bicyclic) bond motifs is 1. The lowest BCUT2D eigenvalue weighted by molar-refractivity contribution is 0.337. The summed E-state index contributed by atoms with van der Waals surface area (Å²) in [6.07, 6.45) is 6.58. The fourth-order valence-corrected chi connectivity index (χ4v) is 4.41. The predicted octanol–water partition coefficient (Wildman–Crippen LogP) is 2.73. The second-order valence-electron chi connectivity index (χ2n) is 5.69. The molecule has 0 radical (unpaired) electrons. The Morgan fingerprint density at radius 1 is 1.29 bits per heavy atom. The summed E-state index contributed by atoms with van der Waals surface area (Å²) in [6.45, 7) is 2.22. The van der Waals surface area contributed by atoms with Crippen molar-refractivity contribution in [2.45, 2.75) is 45.1 Å². The van der Waals surface area contributed by atoms with Gasteiger partial charge in [0.1, 0.15) is 0 Å². The molecule has 0 bridgehead atoms. The molecule has 2 saturated carbocycles. The quantitative estimate of drug-likeness (QED) is 0.623. The summed E-state index contributed by atoms with van der Waals surface area (Å²) < 4.78 is 0. The minimum atomic E-state index is 0.492. The van der Waals surface area contributed by atoms with Crippen molar-refractivity contribution in [3.05, 3.63) is 21.9 Å². The number of aryl methyl sites for hydroxylation is 1. The predicted molar refractivity (Wildman–Crippen MR) is 72.8 cm³/mol. The topological polar surface area (TPSA) is 38.0 Å². The standard InChI is InChI=1S/C14H22N2S/c1-2-12-3-4-13(17-12)8-14(16-15)11-6-9-5-10(9)7-11/h3-4,9-11,14,16H,2,5-8,15H2,1H3. The van der Waals surface area contributed by atoms with Crippen LogP contribution in [-0.4, -0.2) is 6.04 Å². The minimum Gasteiger partial charge on any atom is -0.271 e. The monoisotopic (exact) mass is 250 g/mol. The lowest BCUT2D eigenvalue weighted by atomic mass is 9.92. The van der Waals surface area contributed by atoms with E-state index >= 15 is 0 Å². The molecule has 0 aliphatic heterocycles. The van der Waals surface area contributed by atoms with Gasteiger partial charge in [0.25, 0.3) is 0 Å².